The first-order valence-corrected chi connectivity index (χ1v) is 5.47. The highest BCUT2D eigenvalue weighted by molar-refractivity contribution is 6.34. The number of nitrogens with zero attached hydrogens (tertiary/aromatic N) is 1. The van der Waals surface area contributed by atoms with Crippen LogP contribution in [-0.2, 0) is 6.18 Å². The van der Waals surface area contributed by atoms with Gasteiger partial charge < -0.3 is 0 Å². The van der Waals surface area contributed by atoms with Crippen LogP contribution in [0.15, 0.2) is 23.2 Å². The summed E-state index contributed by atoms with van der Waals surface area (Å²) in [6.07, 6.45) is -9.86. The van der Waals surface area contributed by atoms with E-state index in [4.69, 9.17) is 28.5 Å². The number of benzene rings is 1. The van der Waals surface area contributed by atoms with Gasteiger partial charge in [-0.05, 0) is 23.8 Å². The minimum absolute atomic E-state index is 0.374. The molecule has 108 valence electrons. The molecule has 0 spiro atoms. The van der Waals surface area contributed by atoms with Crippen LogP contribution in [0, 0.1) is 11.3 Å². The lowest BCUT2D eigenvalue weighted by molar-refractivity contribution is -0.137. The summed E-state index contributed by atoms with van der Waals surface area (Å²) in [6, 6.07) is 2.83. The van der Waals surface area contributed by atoms with Crippen molar-refractivity contribution in [3.63, 3.8) is 0 Å². The number of nitriles is 1. The monoisotopic (exact) mass is 333 g/mol. The second kappa shape index (κ2) is 5.54. The summed E-state index contributed by atoms with van der Waals surface area (Å²) in [6.45, 7) is 0. The van der Waals surface area contributed by atoms with Crippen LogP contribution < -0.4 is 0 Å². The average Bonchev–Trinajstić information content (AvgIpc) is 2.26. The van der Waals surface area contributed by atoms with Gasteiger partial charge in [0.25, 0.3) is 0 Å². The van der Waals surface area contributed by atoms with Crippen LogP contribution in [0.5, 0.6) is 0 Å². The standard InChI is InChI=1S/C11H3Cl2F6N/c12-7-2-5(1-6(3-7)10(14,15)16)8(4-20)9(13)11(17,18)19/h1-3H/b9-8+. The molecule has 0 heterocycles. The Morgan fingerprint density at radius 3 is 2.00 bits per heavy atom. The highest BCUT2D eigenvalue weighted by Gasteiger charge is 2.37. The van der Waals surface area contributed by atoms with E-state index in [9.17, 15) is 26.3 Å². The first-order chi connectivity index (χ1) is 8.96. The normalized spacial score (nSPS) is 13.8. The van der Waals surface area contributed by atoms with Crippen LogP contribution in [0.3, 0.4) is 0 Å². The molecule has 0 N–H and O–H groups in total. The van der Waals surface area contributed by atoms with E-state index in [0.29, 0.717) is 12.1 Å². The van der Waals surface area contributed by atoms with Crippen molar-refractivity contribution in [2.75, 3.05) is 0 Å². The Labute approximate surface area is 119 Å². The number of hydrogen-bond acceptors (Lipinski definition) is 1. The van der Waals surface area contributed by atoms with Crippen LogP contribution in [0.25, 0.3) is 5.57 Å². The third kappa shape index (κ3) is 3.81. The topological polar surface area (TPSA) is 23.8 Å². The van der Waals surface area contributed by atoms with Crippen molar-refractivity contribution in [1.29, 1.82) is 5.26 Å². The molecule has 0 fully saturated rings. The summed E-state index contributed by atoms with van der Waals surface area (Å²) < 4.78 is 74.8. The maximum atomic E-state index is 12.5. The van der Waals surface area contributed by atoms with Crippen molar-refractivity contribution in [3.8, 4) is 6.07 Å². The fourth-order valence-corrected chi connectivity index (χ4v) is 1.67. The molecule has 0 bridgehead atoms. The highest BCUT2D eigenvalue weighted by atomic mass is 35.5. The summed E-state index contributed by atoms with van der Waals surface area (Å²) in [5.41, 5.74) is -3.07. The number of allylic oxidation sites excluding steroid dienone is 2. The van der Waals surface area contributed by atoms with E-state index in [1.807, 2.05) is 0 Å². The SMILES string of the molecule is N#C/C(=C(\Cl)C(F)(F)F)c1cc(Cl)cc(C(F)(F)F)c1. The molecule has 0 aliphatic carbocycles. The molecule has 1 rings (SSSR count). The quantitative estimate of drug-likeness (QED) is 0.499. The molecule has 1 nitrogen and oxygen atoms in total. The van der Waals surface area contributed by atoms with Gasteiger partial charge in [0.05, 0.1) is 11.1 Å². The summed E-state index contributed by atoms with van der Waals surface area (Å²) in [5.74, 6) is 0. The smallest absolute Gasteiger partial charge is 0.192 e. The van der Waals surface area contributed by atoms with E-state index in [0.717, 1.165) is 12.1 Å². The van der Waals surface area contributed by atoms with E-state index < -0.39 is 39.1 Å². The van der Waals surface area contributed by atoms with Gasteiger partial charge in [0, 0.05) is 5.02 Å². The molecule has 0 aromatic heterocycles. The summed E-state index contributed by atoms with van der Waals surface area (Å²) >= 11 is 10.4. The third-order valence-corrected chi connectivity index (χ3v) is 2.72. The Kier molecular flexibility index (Phi) is 4.62. The van der Waals surface area contributed by atoms with Crippen LogP contribution in [0.2, 0.25) is 5.02 Å². The first-order valence-electron chi connectivity index (χ1n) is 4.72. The second-order valence-corrected chi connectivity index (χ2v) is 4.34. The van der Waals surface area contributed by atoms with Gasteiger partial charge in [0.2, 0.25) is 0 Å². The highest BCUT2D eigenvalue weighted by Crippen LogP contribution is 2.38. The van der Waals surface area contributed by atoms with Gasteiger partial charge in [-0.2, -0.15) is 31.6 Å². The zero-order valence-corrected chi connectivity index (χ0v) is 10.7. The largest absolute Gasteiger partial charge is 0.428 e. The number of rotatable bonds is 1. The Morgan fingerprint density at radius 1 is 1.05 bits per heavy atom. The molecule has 1 aromatic rings. The van der Waals surface area contributed by atoms with Gasteiger partial charge in [0.15, 0.2) is 0 Å². The maximum Gasteiger partial charge on any atom is 0.428 e. The summed E-state index contributed by atoms with van der Waals surface area (Å²) in [4.78, 5) is 0. The predicted octanol–water partition coefficient (Wildman–Crippen LogP) is 5.39. The minimum atomic E-state index is -5.05. The number of halogens is 8. The Morgan fingerprint density at radius 2 is 1.60 bits per heavy atom. The molecular formula is C11H3Cl2F6N. The Balaban J connectivity index is 3.55. The van der Waals surface area contributed by atoms with E-state index >= 15 is 0 Å². The molecule has 0 aliphatic rings. The third-order valence-electron chi connectivity index (χ3n) is 2.09. The molecule has 0 saturated heterocycles. The van der Waals surface area contributed by atoms with Crippen molar-refractivity contribution >= 4 is 28.8 Å². The van der Waals surface area contributed by atoms with Crippen molar-refractivity contribution in [3.05, 3.63) is 39.4 Å². The predicted molar refractivity (Wildman–Crippen MR) is 60.9 cm³/mol. The first kappa shape index (κ1) is 16.7. The second-order valence-electron chi connectivity index (χ2n) is 3.52. The Hall–Kier alpha value is -1.39. The van der Waals surface area contributed by atoms with E-state index in [2.05, 4.69) is 0 Å². The molecule has 0 amide bonds. The van der Waals surface area contributed by atoms with E-state index in [1.54, 1.807) is 0 Å². The molecule has 0 radical (unpaired) electrons. The van der Waals surface area contributed by atoms with Gasteiger partial charge in [0.1, 0.15) is 11.1 Å². The maximum absolute atomic E-state index is 12.5. The van der Waals surface area contributed by atoms with E-state index in [-0.39, 0.29) is 0 Å². The lowest BCUT2D eigenvalue weighted by Crippen LogP contribution is -2.10. The fourth-order valence-electron chi connectivity index (χ4n) is 1.28. The lowest BCUT2D eigenvalue weighted by Gasteiger charge is -2.11. The van der Waals surface area contributed by atoms with Crippen molar-refractivity contribution in [1.82, 2.24) is 0 Å². The average molecular weight is 334 g/mol. The number of alkyl halides is 6. The van der Waals surface area contributed by atoms with Gasteiger partial charge >= 0.3 is 12.4 Å². The van der Waals surface area contributed by atoms with E-state index in [1.165, 1.54) is 0 Å². The molecule has 0 atom stereocenters. The molecule has 0 unspecified atom stereocenters. The van der Waals surface area contributed by atoms with Gasteiger partial charge in [-0.3, -0.25) is 0 Å². The molecule has 0 aliphatic heterocycles. The lowest BCUT2D eigenvalue weighted by atomic mass is 10.0. The summed E-state index contributed by atoms with van der Waals surface area (Å²) in [7, 11) is 0. The van der Waals surface area contributed by atoms with Gasteiger partial charge in [-0.25, -0.2) is 0 Å². The van der Waals surface area contributed by atoms with Crippen molar-refractivity contribution in [2.24, 2.45) is 0 Å². The molecule has 20 heavy (non-hydrogen) atoms. The number of hydrogen-bond donors (Lipinski definition) is 0. The fraction of sp³-hybridized carbons (Fsp3) is 0.182. The zero-order chi connectivity index (χ0) is 15.7. The van der Waals surface area contributed by atoms with Crippen molar-refractivity contribution in [2.45, 2.75) is 12.4 Å². The molecular weight excluding hydrogens is 331 g/mol. The Bertz CT molecular complexity index is 594. The van der Waals surface area contributed by atoms with Crippen LogP contribution in [0.4, 0.5) is 26.3 Å². The summed E-state index contributed by atoms with van der Waals surface area (Å²) in [5, 5.41) is 6.41. The molecule has 1 aromatic carbocycles. The van der Waals surface area contributed by atoms with Gasteiger partial charge in [-0.1, -0.05) is 23.2 Å². The van der Waals surface area contributed by atoms with Crippen LogP contribution in [-0.4, -0.2) is 6.18 Å². The van der Waals surface area contributed by atoms with Crippen LogP contribution >= 0.6 is 23.2 Å². The van der Waals surface area contributed by atoms with Crippen LogP contribution in [0.1, 0.15) is 11.1 Å². The molecule has 0 saturated carbocycles. The van der Waals surface area contributed by atoms with Crippen molar-refractivity contribution < 1.29 is 26.3 Å². The zero-order valence-electron chi connectivity index (χ0n) is 9.20. The minimum Gasteiger partial charge on any atom is -0.192 e. The molecule has 9 heteroatoms. The van der Waals surface area contributed by atoms with Gasteiger partial charge in [-0.15, -0.1) is 0 Å².